The molecule has 1 saturated heterocycles. The van der Waals surface area contributed by atoms with Crippen molar-refractivity contribution in [2.24, 2.45) is 5.92 Å². The Hall–Kier alpha value is -2.08. The number of carbonyl (C=O) groups is 2. The third-order valence-corrected chi connectivity index (χ3v) is 5.78. The Balaban J connectivity index is 1.35. The topological polar surface area (TPSA) is 64.7 Å². The molecule has 1 aromatic carbocycles. The zero-order chi connectivity index (χ0) is 19.1. The average Bonchev–Trinajstić information content (AvgIpc) is 2.69. The molecule has 1 saturated carbocycles. The van der Waals surface area contributed by atoms with Crippen LogP contribution in [-0.2, 0) is 11.3 Å². The number of nitrogens with zero attached hydrogens (tertiary/aromatic N) is 2. The molecule has 27 heavy (non-hydrogen) atoms. The van der Waals surface area contributed by atoms with Crippen LogP contribution in [0.2, 0.25) is 0 Å². The number of piperazine rings is 1. The summed E-state index contributed by atoms with van der Waals surface area (Å²) in [6.07, 6.45) is 4.78. The van der Waals surface area contributed by atoms with Crippen molar-refractivity contribution in [3.8, 4) is 0 Å². The third kappa shape index (κ3) is 5.96. The SMILES string of the molecule is CC1CCCCC1NC(=O)N1CCN(CC(=O)NCc2ccccc2)CC1. The molecule has 0 aromatic heterocycles. The molecule has 0 radical (unpaired) electrons. The molecule has 0 spiro atoms. The van der Waals surface area contributed by atoms with Crippen molar-refractivity contribution in [1.82, 2.24) is 20.4 Å². The highest BCUT2D eigenvalue weighted by Gasteiger charge is 2.27. The lowest BCUT2D eigenvalue weighted by atomic mass is 9.86. The van der Waals surface area contributed by atoms with Gasteiger partial charge in [0.25, 0.3) is 0 Å². The number of nitrogens with one attached hydrogen (secondary N) is 2. The van der Waals surface area contributed by atoms with Crippen LogP contribution in [0.25, 0.3) is 0 Å². The Morgan fingerprint density at radius 3 is 2.44 bits per heavy atom. The van der Waals surface area contributed by atoms with E-state index >= 15 is 0 Å². The molecule has 2 unspecified atom stereocenters. The molecule has 0 bridgehead atoms. The fourth-order valence-corrected chi connectivity index (χ4v) is 3.95. The van der Waals surface area contributed by atoms with E-state index in [1.54, 1.807) is 0 Å². The van der Waals surface area contributed by atoms with Gasteiger partial charge in [0, 0.05) is 38.8 Å². The normalized spacial score (nSPS) is 23.7. The summed E-state index contributed by atoms with van der Waals surface area (Å²) in [4.78, 5) is 28.7. The lowest BCUT2D eigenvalue weighted by molar-refractivity contribution is -0.122. The molecular formula is C21H32N4O2. The second kappa shape index (κ2) is 9.74. The van der Waals surface area contributed by atoms with Gasteiger partial charge in [-0.1, -0.05) is 50.1 Å². The van der Waals surface area contributed by atoms with Gasteiger partial charge in [-0.3, -0.25) is 9.69 Å². The summed E-state index contributed by atoms with van der Waals surface area (Å²) in [5.74, 6) is 0.602. The molecule has 3 rings (SSSR count). The smallest absolute Gasteiger partial charge is 0.317 e. The first-order chi connectivity index (χ1) is 13.1. The molecular weight excluding hydrogens is 340 g/mol. The summed E-state index contributed by atoms with van der Waals surface area (Å²) < 4.78 is 0. The van der Waals surface area contributed by atoms with E-state index in [-0.39, 0.29) is 11.9 Å². The monoisotopic (exact) mass is 372 g/mol. The third-order valence-electron chi connectivity index (χ3n) is 5.78. The summed E-state index contributed by atoms with van der Waals surface area (Å²) in [5.41, 5.74) is 1.10. The van der Waals surface area contributed by atoms with E-state index in [9.17, 15) is 9.59 Å². The number of hydrogen-bond donors (Lipinski definition) is 2. The van der Waals surface area contributed by atoms with Gasteiger partial charge in [0.15, 0.2) is 0 Å². The molecule has 2 atom stereocenters. The van der Waals surface area contributed by atoms with Crippen LogP contribution in [0.15, 0.2) is 30.3 Å². The van der Waals surface area contributed by atoms with Gasteiger partial charge in [-0.25, -0.2) is 4.79 Å². The van der Waals surface area contributed by atoms with E-state index in [2.05, 4.69) is 22.5 Å². The number of amides is 3. The lowest BCUT2D eigenvalue weighted by Crippen LogP contribution is -2.55. The molecule has 1 aromatic rings. The Morgan fingerprint density at radius 2 is 1.74 bits per heavy atom. The van der Waals surface area contributed by atoms with Crippen molar-refractivity contribution in [2.45, 2.75) is 45.2 Å². The molecule has 6 nitrogen and oxygen atoms in total. The molecule has 2 fully saturated rings. The fourth-order valence-electron chi connectivity index (χ4n) is 3.95. The molecule has 1 aliphatic carbocycles. The minimum Gasteiger partial charge on any atom is -0.351 e. The van der Waals surface area contributed by atoms with Crippen LogP contribution in [-0.4, -0.2) is 60.5 Å². The van der Waals surface area contributed by atoms with Crippen LogP contribution in [0, 0.1) is 5.92 Å². The van der Waals surface area contributed by atoms with Crippen molar-refractivity contribution in [3.63, 3.8) is 0 Å². The highest BCUT2D eigenvalue weighted by atomic mass is 16.2. The first-order valence-corrected chi connectivity index (χ1v) is 10.2. The van der Waals surface area contributed by atoms with Crippen LogP contribution < -0.4 is 10.6 Å². The maximum Gasteiger partial charge on any atom is 0.317 e. The zero-order valence-electron chi connectivity index (χ0n) is 16.3. The summed E-state index contributed by atoms with van der Waals surface area (Å²) in [7, 11) is 0. The van der Waals surface area contributed by atoms with Gasteiger partial charge < -0.3 is 15.5 Å². The van der Waals surface area contributed by atoms with Crippen molar-refractivity contribution in [1.29, 1.82) is 0 Å². The molecule has 2 aliphatic rings. The fraction of sp³-hybridized carbons (Fsp3) is 0.619. The highest BCUT2D eigenvalue weighted by molar-refractivity contribution is 5.78. The number of carbonyl (C=O) groups excluding carboxylic acids is 2. The number of rotatable bonds is 5. The van der Waals surface area contributed by atoms with Gasteiger partial charge in [0.05, 0.1) is 6.54 Å². The van der Waals surface area contributed by atoms with Gasteiger partial charge in [0.1, 0.15) is 0 Å². The first-order valence-electron chi connectivity index (χ1n) is 10.2. The molecule has 6 heteroatoms. The Bertz CT molecular complexity index is 614. The highest BCUT2D eigenvalue weighted by Crippen LogP contribution is 2.23. The predicted molar refractivity (Wildman–Crippen MR) is 106 cm³/mol. The molecule has 1 aliphatic heterocycles. The van der Waals surface area contributed by atoms with Crippen LogP contribution in [0.1, 0.15) is 38.2 Å². The second-order valence-electron chi connectivity index (χ2n) is 7.84. The van der Waals surface area contributed by atoms with Gasteiger partial charge in [-0.05, 0) is 24.3 Å². The van der Waals surface area contributed by atoms with Crippen molar-refractivity contribution >= 4 is 11.9 Å². The van der Waals surface area contributed by atoms with Gasteiger partial charge in [-0.15, -0.1) is 0 Å². The van der Waals surface area contributed by atoms with E-state index in [1.807, 2.05) is 35.2 Å². The van der Waals surface area contributed by atoms with E-state index < -0.39 is 0 Å². The largest absolute Gasteiger partial charge is 0.351 e. The molecule has 3 amide bonds. The zero-order valence-corrected chi connectivity index (χ0v) is 16.3. The second-order valence-corrected chi connectivity index (χ2v) is 7.84. The van der Waals surface area contributed by atoms with Crippen molar-refractivity contribution in [3.05, 3.63) is 35.9 Å². The van der Waals surface area contributed by atoms with Crippen LogP contribution in [0.3, 0.4) is 0 Å². The Labute approximate surface area is 162 Å². The molecule has 148 valence electrons. The summed E-state index contributed by atoms with van der Waals surface area (Å²) in [6, 6.07) is 10.3. The summed E-state index contributed by atoms with van der Waals surface area (Å²) >= 11 is 0. The maximum atomic E-state index is 12.5. The van der Waals surface area contributed by atoms with Crippen molar-refractivity contribution in [2.75, 3.05) is 32.7 Å². The summed E-state index contributed by atoms with van der Waals surface area (Å²) in [6.45, 7) is 6.02. The first kappa shape index (κ1) is 19.7. The standard InChI is InChI=1S/C21H32N4O2/c1-17-7-5-6-10-19(17)23-21(27)25-13-11-24(12-14-25)16-20(26)22-15-18-8-3-2-4-9-18/h2-4,8-9,17,19H,5-7,10-16H2,1H3,(H,22,26)(H,23,27). The van der Waals surface area contributed by atoms with Crippen molar-refractivity contribution < 1.29 is 9.59 Å². The predicted octanol–water partition coefficient (Wildman–Crippen LogP) is 2.21. The van der Waals surface area contributed by atoms with E-state index in [0.29, 0.717) is 38.1 Å². The van der Waals surface area contributed by atoms with Crippen LogP contribution in [0.4, 0.5) is 4.79 Å². The average molecular weight is 373 g/mol. The number of hydrogen-bond acceptors (Lipinski definition) is 3. The number of benzene rings is 1. The number of urea groups is 1. The summed E-state index contributed by atoms with van der Waals surface area (Å²) in [5, 5.41) is 6.19. The van der Waals surface area contributed by atoms with E-state index in [4.69, 9.17) is 0 Å². The quantitative estimate of drug-likeness (QED) is 0.833. The molecule has 1 heterocycles. The Kier molecular flexibility index (Phi) is 7.10. The van der Waals surface area contributed by atoms with Gasteiger partial charge in [-0.2, -0.15) is 0 Å². The van der Waals surface area contributed by atoms with E-state index in [1.165, 1.54) is 19.3 Å². The van der Waals surface area contributed by atoms with Crippen LogP contribution >= 0.6 is 0 Å². The minimum atomic E-state index is 0.0350. The maximum absolute atomic E-state index is 12.5. The minimum absolute atomic E-state index is 0.0350. The lowest BCUT2D eigenvalue weighted by Gasteiger charge is -2.36. The van der Waals surface area contributed by atoms with E-state index in [0.717, 1.165) is 25.1 Å². The van der Waals surface area contributed by atoms with Gasteiger partial charge in [0.2, 0.25) is 5.91 Å². The van der Waals surface area contributed by atoms with Gasteiger partial charge >= 0.3 is 6.03 Å². The molecule has 2 N–H and O–H groups in total. The van der Waals surface area contributed by atoms with Crippen LogP contribution in [0.5, 0.6) is 0 Å². The Morgan fingerprint density at radius 1 is 1.04 bits per heavy atom.